The number of nitro groups is 1. The number of oxazole rings is 1. The molecule has 1 heterocycles. The molecule has 0 fully saturated rings. The van der Waals surface area contributed by atoms with Gasteiger partial charge < -0.3 is 4.42 Å². The van der Waals surface area contributed by atoms with Gasteiger partial charge in [0.05, 0.1) is 11.1 Å². The van der Waals surface area contributed by atoms with Crippen LogP contribution in [-0.4, -0.2) is 9.91 Å². The molecule has 0 atom stereocenters. The molecule has 0 aliphatic heterocycles. The fraction of sp³-hybridized carbons (Fsp3) is 0.100. The maximum absolute atomic E-state index is 13.0. The second-order valence-corrected chi connectivity index (χ2v) is 3.20. The highest BCUT2D eigenvalue weighted by molar-refractivity contribution is 5.58. The average Bonchev–Trinajstić information content (AvgIpc) is 2.65. The van der Waals surface area contributed by atoms with E-state index < -0.39 is 16.4 Å². The molecule has 2 aromatic rings. The van der Waals surface area contributed by atoms with Crippen molar-refractivity contribution < 1.29 is 13.7 Å². The van der Waals surface area contributed by atoms with Crippen molar-refractivity contribution in [3.8, 4) is 11.5 Å². The van der Waals surface area contributed by atoms with Crippen LogP contribution >= 0.6 is 0 Å². The lowest BCUT2D eigenvalue weighted by Crippen LogP contribution is -1.92. The minimum Gasteiger partial charge on any atom is -0.441 e. The van der Waals surface area contributed by atoms with Crippen LogP contribution in [0, 0.1) is 22.9 Å². The highest BCUT2D eigenvalue weighted by atomic mass is 19.1. The quantitative estimate of drug-likeness (QED) is 0.578. The number of benzene rings is 1. The predicted molar refractivity (Wildman–Crippen MR) is 53.3 cm³/mol. The van der Waals surface area contributed by atoms with Gasteiger partial charge in [0.25, 0.3) is 0 Å². The molecular formula is C10H7FN2O3. The molecule has 16 heavy (non-hydrogen) atoms. The van der Waals surface area contributed by atoms with E-state index in [2.05, 4.69) is 4.98 Å². The molecular weight excluding hydrogens is 215 g/mol. The van der Waals surface area contributed by atoms with Gasteiger partial charge in [0, 0.05) is 11.6 Å². The Labute approximate surface area is 89.7 Å². The lowest BCUT2D eigenvalue weighted by atomic mass is 10.2. The molecule has 0 bridgehead atoms. The van der Waals surface area contributed by atoms with Gasteiger partial charge in [-0.15, -0.1) is 0 Å². The molecule has 0 N–H and O–H groups in total. The van der Waals surface area contributed by atoms with Crippen LogP contribution in [0.4, 0.5) is 10.1 Å². The first-order chi connectivity index (χ1) is 7.58. The van der Waals surface area contributed by atoms with E-state index in [1.165, 1.54) is 12.3 Å². The van der Waals surface area contributed by atoms with Crippen molar-refractivity contribution in [2.45, 2.75) is 6.92 Å². The molecule has 5 nitrogen and oxygen atoms in total. The maximum Gasteiger partial charge on any atom is 0.305 e. The van der Waals surface area contributed by atoms with Gasteiger partial charge >= 0.3 is 5.69 Å². The van der Waals surface area contributed by atoms with Crippen LogP contribution in [0.25, 0.3) is 11.5 Å². The van der Waals surface area contributed by atoms with Crippen molar-refractivity contribution in [2.24, 2.45) is 0 Å². The van der Waals surface area contributed by atoms with Gasteiger partial charge in [-0.25, -0.2) is 4.98 Å². The fourth-order valence-electron chi connectivity index (χ4n) is 1.27. The Morgan fingerprint density at radius 2 is 2.25 bits per heavy atom. The molecule has 82 valence electrons. The summed E-state index contributed by atoms with van der Waals surface area (Å²) >= 11 is 0. The summed E-state index contributed by atoms with van der Waals surface area (Å²) in [6, 6.07) is 3.50. The Morgan fingerprint density at radius 1 is 1.50 bits per heavy atom. The minimum atomic E-state index is -0.878. The molecule has 0 spiro atoms. The summed E-state index contributed by atoms with van der Waals surface area (Å²) in [4.78, 5) is 13.6. The van der Waals surface area contributed by atoms with E-state index in [0.29, 0.717) is 11.3 Å². The van der Waals surface area contributed by atoms with Gasteiger partial charge in [-0.2, -0.15) is 4.39 Å². The van der Waals surface area contributed by atoms with Gasteiger partial charge in [-0.05, 0) is 19.1 Å². The first-order valence-corrected chi connectivity index (χ1v) is 4.44. The summed E-state index contributed by atoms with van der Waals surface area (Å²) in [5, 5.41) is 10.5. The third kappa shape index (κ3) is 1.77. The van der Waals surface area contributed by atoms with Gasteiger partial charge in [-0.3, -0.25) is 10.1 Å². The Bertz CT molecular complexity index is 551. The number of hydrogen-bond donors (Lipinski definition) is 0. The van der Waals surface area contributed by atoms with Gasteiger partial charge in [0.15, 0.2) is 0 Å². The third-order valence-corrected chi connectivity index (χ3v) is 2.01. The lowest BCUT2D eigenvalue weighted by Gasteiger charge is -1.97. The second kappa shape index (κ2) is 3.73. The molecule has 0 aliphatic rings. The minimum absolute atomic E-state index is 0.237. The average molecular weight is 222 g/mol. The van der Waals surface area contributed by atoms with Crippen LogP contribution < -0.4 is 0 Å². The Morgan fingerprint density at radius 3 is 2.81 bits per heavy atom. The zero-order chi connectivity index (χ0) is 11.7. The van der Waals surface area contributed by atoms with Crippen molar-refractivity contribution in [3.05, 3.63) is 46.1 Å². The van der Waals surface area contributed by atoms with Gasteiger partial charge in [-0.1, -0.05) is 0 Å². The number of halogens is 1. The van der Waals surface area contributed by atoms with Crippen LogP contribution in [0.1, 0.15) is 5.76 Å². The summed E-state index contributed by atoms with van der Waals surface area (Å²) < 4.78 is 18.2. The van der Waals surface area contributed by atoms with Crippen molar-refractivity contribution in [2.75, 3.05) is 0 Å². The molecule has 6 heteroatoms. The van der Waals surface area contributed by atoms with Crippen molar-refractivity contribution in [1.82, 2.24) is 4.98 Å². The molecule has 0 saturated heterocycles. The van der Waals surface area contributed by atoms with E-state index in [1.54, 1.807) is 6.92 Å². The molecule has 0 aliphatic carbocycles. The van der Waals surface area contributed by atoms with Gasteiger partial charge in [0.1, 0.15) is 5.76 Å². The number of nitro benzene ring substituents is 1. The monoisotopic (exact) mass is 222 g/mol. The van der Waals surface area contributed by atoms with Crippen LogP contribution in [0.3, 0.4) is 0 Å². The Kier molecular flexibility index (Phi) is 2.40. The zero-order valence-corrected chi connectivity index (χ0v) is 8.31. The maximum atomic E-state index is 13.0. The van der Waals surface area contributed by atoms with Crippen LogP contribution in [0.5, 0.6) is 0 Å². The van der Waals surface area contributed by atoms with Crippen LogP contribution in [-0.2, 0) is 0 Å². The van der Waals surface area contributed by atoms with Gasteiger partial charge in [0.2, 0.25) is 11.7 Å². The lowest BCUT2D eigenvalue weighted by molar-refractivity contribution is -0.387. The van der Waals surface area contributed by atoms with E-state index in [0.717, 1.165) is 12.1 Å². The highest BCUT2D eigenvalue weighted by Gasteiger charge is 2.16. The topological polar surface area (TPSA) is 69.2 Å². The summed E-state index contributed by atoms with van der Waals surface area (Å²) in [7, 11) is 0. The van der Waals surface area contributed by atoms with E-state index in [-0.39, 0.29) is 5.89 Å². The highest BCUT2D eigenvalue weighted by Crippen LogP contribution is 2.25. The van der Waals surface area contributed by atoms with Crippen LogP contribution in [0.15, 0.2) is 28.8 Å². The molecule has 0 unspecified atom stereocenters. The summed E-state index contributed by atoms with van der Waals surface area (Å²) in [6.45, 7) is 1.70. The van der Waals surface area contributed by atoms with E-state index in [9.17, 15) is 14.5 Å². The summed E-state index contributed by atoms with van der Waals surface area (Å²) in [6.07, 6.45) is 1.49. The molecule has 0 saturated carbocycles. The molecule has 0 radical (unpaired) electrons. The number of rotatable bonds is 2. The third-order valence-electron chi connectivity index (χ3n) is 2.01. The van der Waals surface area contributed by atoms with E-state index >= 15 is 0 Å². The SMILES string of the molecule is Cc1cnc(-c2ccc(F)c([N+](=O)[O-])c2)o1. The van der Waals surface area contributed by atoms with Crippen molar-refractivity contribution in [1.29, 1.82) is 0 Å². The zero-order valence-electron chi connectivity index (χ0n) is 8.31. The summed E-state index contributed by atoms with van der Waals surface area (Å²) in [5.74, 6) is -0.0559. The Hall–Kier alpha value is -2.24. The summed E-state index contributed by atoms with van der Waals surface area (Å²) in [5.41, 5.74) is -0.213. The molecule has 0 amide bonds. The normalized spacial score (nSPS) is 10.4. The second-order valence-electron chi connectivity index (χ2n) is 3.20. The molecule has 2 rings (SSSR count). The number of aromatic nitrogens is 1. The number of aryl methyl sites for hydroxylation is 1. The first-order valence-electron chi connectivity index (χ1n) is 4.44. The molecule has 1 aromatic heterocycles. The fourth-order valence-corrected chi connectivity index (χ4v) is 1.27. The Balaban J connectivity index is 2.51. The number of hydrogen-bond acceptors (Lipinski definition) is 4. The predicted octanol–water partition coefficient (Wildman–Crippen LogP) is 2.70. The van der Waals surface area contributed by atoms with E-state index in [1.807, 2.05) is 0 Å². The smallest absolute Gasteiger partial charge is 0.305 e. The van der Waals surface area contributed by atoms with Crippen molar-refractivity contribution >= 4 is 5.69 Å². The largest absolute Gasteiger partial charge is 0.441 e. The molecule has 1 aromatic carbocycles. The van der Waals surface area contributed by atoms with Crippen molar-refractivity contribution in [3.63, 3.8) is 0 Å². The first kappa shape index (κ1) is 10.3. The van der Waals surface area contributed by atoms with E-state index in [4.69, 9.17) is 4.42 Å². The van der Waals surface area contributed by atoms with Crippen LogP contribution in [0.2, 0.25) is 0 Å². The number of nitrogens with zero attached hydrogens (tertiary/aromatic N) is 2. The standard InChI is InChI=1S/C10H7FN2O3/c1-6-5-12-10(16-6)7-2-3-8(11)9(4-7)13(14)15/h2-5H,1H3.